The van der Waals surface area contributed by atoms with Crippen LogP contribution in [0.4, 0.5) is 0 Å². The lowest BCUT2D eigenvalue weighted by Gasteiger charge is -2.09. The van der Waals surface area contributed by atoms with E-state index in [4.69, 9.17) is 0 Å². The lowest BCUT2D eigenvalue weighted by atomic mass is 10.1. The van der Waals surface area contributed by atoms with Gasteiger partial charge in [-0.2, -0.15) is 5.10 Å². The van der Waals surface area contributed by atoms with Gasteiger partial charge < -0.3 is 4.40 Å². The summed E-state index contributed by atoms with van der Waals surface area (Å²) < 4.78 is 27.6. The first kappa shape index (κ1) is 17.4. The zero-order valence-electron chi connectivity index (χ0n) is 16.0. The van der Waals surface area contributed by atoms with Crippen molar-refractivity contribution < 1.29 is 8.42 Å². The van der Waals surface area contributed by atoms with Crippen LogP contribution >= 0.6 is 0 Å². The Morgan fingerprint density at radius 1 is 1.07 bits per heavy atom. The highest BCUT2D eigenvalue weighted by atomic mass is 32.2. The Balaban J connectivity index is 1.61. The number of pyridine rings is 1. The summed E-state index contributed by atoms with van der Waals surface area (Å²) in [7, 11) is -2.97. The van der Waals surface area contributed by atoms with Crippen LogP contribution in [0.25, 0.3) is 27.7 Å². The molecule has 4 aromatic heterocycles. The van der Waals surface area contributed by atoms with Crippen molar-refractivity contribution in [1.29, 1.82) is 0 Å². The summed E-state index contributed by atoms with van der Waals surface area (Å²) in [5.41, 5.74) is 6.74. The van der Waals surface area contributed by atoms with E-state index in [0.717, 1.165) is 44.8 Å². The maximum atomic E-state index is 11.9. The van der Waals surface area contributed by atoms with Crippen LogP contribution in [0.15, 0.2) is 30.7 Å². The molecular formula is C20H21N5O2S. The van der Waals surface area contributed by atoms with E-state index < -0.39 is 9.84 Å². The largest absolute Gasteiger partial charge is 0.320 e. The molecule has 144 valence electrons. The van der Waals surface area contributed by atoms with E-state index >= 15 is 0 Å². The molecule has 5 rings (SSSR count). The van der Waals surface area contributed by atoms with Crippen LogP contribution in [-0.2, 0) is 9.84 Å². The van der Waals surface area contributed by atoms with Crippen molar-refractivity contribution >= 4 is 26.4 Å². The van der Waals surface area contributed by atoms with Crippen LogP contribution in [0.3, 0.4) is 0 Å². The van der Waals surface area contributed by atoms with Crippen LogP contribution in [0.2, 0.25) is 0 Å². The first-order valence-corrected chi connectivity index (χ1v) is 11.1. The molecule has 1 atom stereocenters. The molecule has 0 bridgehead atoms. The van der Waals surface area contributed by atoms with Crippen molar-refractivity contribution in [2.75, 3.05) is 11.5 Å². The molecule has 1 unspecified atom stereocenters. The molecule has 28 heavy (non-hydrogen) atoms. The molecule has 0 amide bonds. The van der Waals surface area contributed by atoms with Gasteiger partial charge in [0.2, 0.25) is 0 Å². The number of fused-ring (bicyclic) bond motifs is 2. The fourth-order valence-corrected chi connectivity index (χ4v) is 5.83. The number of hydrogen-bond donors (Lipinski definition) is 0. The van der Waals surface area contributed by atoms with Gasteiger partial charge in [0, 0.05) is 35.1 Å². The van der Waals surface area contributed by atoms with E-state index in [9.17, 15) is 8.42 Å². The Morgan fingerprint density at radius 3 is 2.64 bits per heavy atom. The van der Waals surface area contributed by atoms with Crippen molar-refractivity contribution in [1.82, 2.24) is 24.1 Å². The molecular weight excluding hydrogens is 374 g/mol. The molecule has 1 saturated heterocycles. The monoisotopic (exact) mass is 395 g/mol. The number of aromatic nitrogens is 5. The molecule has 0 spiro atoms. The number of rotatable bonds is 2. The van der Waals surface area contributed by atoms with Gasteiger partial charge in [-0.05, 0) is 39.3 Å². The van der Waals surface area contributed by atoms with Gasteiger partial charge in [0.15, 0.2) is 15.5 Å². The second-order valence-corrected chi connectivity index (χ2v) is 9.90. The van der Waals surface area contributed by atoms with Crippen molar-refractivity contribution in [3.63, 3.8) is 0 Å². The summed E-state index contributed by atoms with van der Waals surface area (Å²) in [5, 5.41) is 5.58. The number of hydrogen-bond acceptors (Lipinski definition) is 5. The topological polar surface area (TPSA) is 82.2 Å². The average molecular weight is 395 g/mol. The second-order valence-electron chi connectivity index (χ2n) is 7.67. The minimum atomic E-state index is -2.97. The van der Waals surface area contributed by atoms with Crippen molar-refractivity contribution in [3.8, 4) is 11.1 Å². The van der Waals surface area contributed by atoms with Crippen LogP contribution < -0.4 is 0 Å². The van der Waals surface area contributed by atoms with E-state index in [-0.39, 0.29) is 17.5 Å². The molecule has 4 aromatic rings. The molecule has 1 aliphatic rings. The summed E-state index contributed by atoms with van der Waals surface area (Å²) in [4.78, 5) is 9.19. The molecule has 5 heterocycles. The van der Waals surface area contributed by atoms with Gasteiger partial charge >= 0.3 is 0 Å². The lowest BCUT2D eigenvalue weighted by molar-refractivity contribution is 0.509. The predicted octanol–water partition coefficient (Wildman–Crippen LogP) is 3.03. The highest BCUT2D eigenvalue weighted by molar-refractivity contribution is 7.91. The summed E-state index contributed by atoms with van der Waals surface area (Å²) in [6.07, 6.45) is 6.54. The van der Waals surface area contributed by atoms with E-state index in [1.807, 2.05) is 33.2 Å². The van der Waals surface area contributed by atoms with E-state index in [1.165, 1.54) is 0 Å². The van der Waals surface area contributed by atoms with Gasteiger partial charge in [-0.15, -0.1) is 0 Å². The van der Waals surface area contributed by atoms with Gasteiger partial charge in [0.05, 0.1) is 40.1 Å². The third-order valence-corrected chi connectivity index (χ3v) is 7.26. The Morgan fingerprint density at radius 2 is 1.89 bits per heavy atom. The summed E-state index contributed by atoms with van der Waals surface area (Å²) >= 11 is 0. The minimum absolute atomic E-state index is 0.131. The van der Waals surface area contributed by atoms with Crippen molar-refractivity contribution in [2.24, 2.45) is 0 Å². The Labute approximate surface area is 163 Å². The molecule has 0 saturated carbocycles. The molecule has 1 aliphatic heterocycles. The highest BCUT2D eigenvalue weighted by Gasteiger charge is 2.31. The second kappa shape index (κ2) is 5.88. The zero-order chi connectivity index (χ0) is 19.6. The highest BCUT2D eigenvalue weighted by Crippen LogP contribution is 2.31. The van der Waals surface area contributed by atoms with Crippen molar-refractivity contribution in [2.45, 2.75) is 33.2 Å². The van der Waals surface area contributed by atoms with Gasteiger partial charge in [0.25, 0.3) is 0 Å². The summed E-state index contributed by atoms with van der Waals surface area (Å²) in [6, 6.07) is 4.08. The van der Waals surface area contributed by atoms with E-state index in [2.05, 4.69) is 37.8 Å². The van der Waals surface area contributed by atoms with E-state index in [0.29, 0.717) is 6.42 Å². The van der Waals surface area contributed by atoms with Gasteiger partial charge in [-0.25, -0.2) is 18.1 Å². The average Bonchev–Trinajstić information content (AvgIpc) is 3.30. The van der Waals surface area contributed by atoms with Gasteiger partial charge in [-0.1, -0.05) is 0 Å². The molecule has 0 radical (unpaired) electrons. The van der Waals surface area contributed by atoms with Crippen molar-refractivity contribution in [3.05, 3.63) is 47.8 Å². The Hall–Kier alpha value is -2.74. The number of sulfone groups is 1. The summed E-state index contributed by atoms with van der Waals surface area (Å²) in [6.45, 7) is 5.94. The van der Waals surface area contributed by atoms with Crippen LogP contribution in [0, 0.1) is 20.8 Å². The molecule has 0 N–H and O–H groups in total. The predicted molar refractivity (Wildman–Crippen MR) is 108 cm³/mol. The fraction of sp³-hybridized carbons (Fsp3) is 0.350. The molecule has 1 fully saturated rings. The standard InChI is InChI=1S/C20H21N5O2S/c1-12-9-24-10-16(7-19(24)14(3)22-12)15-6-18-13(2)23-25(20(18)21-8-15)17-4-5-28(26,27)11-17/h6-10,17H,4-5,11H2,1-3H3. The molecule has 8 heteroatoms. The third-order valence-electron chi connectivity index (χ3n) is 5.51. The van der Waals surface area contributed by atoms with Crippen LogP contribution in [0.1, 0.15) is 29.5 Å². The number of nitrogens with zero attached hydrogens (tertiary/aromatic N) is 5. The van der Waals surface area contributed by atoms with Crippen LogP contribution in [-0.4, -0.2) is 44.1 Å². The van der Waals surface area contributed by atoms with E-state index in [1.54, 1.807) is 4.68 Å². The Kier molecular flexibility index (Phi) is 3.64. The lowest BCUT2D eigenvalue weighted by Crippen LogP contribution is -2.13. The quantitative estimate of drug-likeness (QED) is 0.521. The smallest absolute Gasteiger partial charge is 0.158 e. The third kappa shape index (κ3) is 2.71. The maximum absolute atomic E-state index is 11.9. The molecule has 7 nitrogen and oxygen atoms in total. The molecule has 0 aliphatic carbocycles. The minimum Gasteiger partial charge on any atom is -0.320 e. The molecule has 0 aromatic carbocycles. The fourth-order valence-electron chi connectivity index (χ4n) is 4.14. The number of aryl methyl sites for hydroxylation is 3. The van der Waals surface area contributed by atoms with Gasteiger partial charge in [0.1, 0.15) is 0 Å². The normalized spacial score (nSPS) is 19.0. The van der Waals surface area contributed by atoms with Crippen LogP contribution in [0.5, 0.6) is 0 Å². The van der Waals surface area contributed by atoms with Gasteiger partial charge in [-0.3, -0.25) is 4.98 Å². The first-order valence-electron chi connectivity index (χ1n) is 9.32. The SMILES string of the molecule is Cc1cn2cc(-c3cnc4c(c3)c(C)nn4C3CCS(=O)(=O)C3)cc2c(C)n1. The zero-order valence-corrected chi connectivity index (χ0v) is 16.9. The maximum Gasteiger partial charge on any atom is 0.158 e. The summed E-state index contributed by atoms with van der Waals surface area (Å²) in [5.74, 6) is 0.365. The first-order chi connectivity index (χ1) is 13.3. The Bertz CT molecular complexity index is 1350.